The van der Waals surface area contributed by atoms with E-state index in [1.807, 2.05) is 25.2 Å². The monoisotopic (exact) mass is 260 g/mol. The molecule has 18 heavy (non-hydrogen) atoms. The van der Waals surface area contributed by atoms with Crippen LogP contribution in [-0.2, 0) is 13.5 Å². The van der Waals surface area contributed by atoms with Gasteiger partial charge in [-0.1, -0.05) is 13.3 Å². The van der Waals surface area contributed by atoms with E-state index in [0.717, 1.165) is 23.4 Å². The summed E-state index contributed by atoms with van der Waals surface area (Å²) in [7, 11) is 1.86. The highest BCUT2D eigenvalue weighted by atomic mass is 32.1. The predicted molar refractivity (Wildman–Crippen MR) is 74.9 cm³/mol. The van der Waals surface area contributed by atoms with Crippen LogP contribution >= 0.6 is 11.3 Å². The molecule has 0 fully saturated rings. The van der Waals surface area contributed by atoms with Crippen molar-refractivity contribution in [1.82, 2.24) is 9.78 Å². The van der Waals surface area contributed by atoms with Gasteiger partial charge in [0, 0.05) is 18.1 Å². The summed E-state index contributed by atoms with van der Waals surface area (Å²) in [4.78, 5) is 14.0. The highest BCUT2D eigenvalue weighted by Crippen LogP contribution is 2.19. The molecule has 0 aliphatic rings. The van der Waals surface area contributed by atoms with Crippen molar-refractivity contribution in [1.29, 1.82) is 0 Å². The summed E-state index contributed by atoms with van der Waals surface area (Å²) in [6.45, 7) is 2.14. The number of rotatable bonds is 5. The zero-order valence-electron chi connectivity index (χ0n) is 10.6. The Hall–Kier alpha value is -1.68. The molecule has 2 aromatic rings. The number of carbonyl (C=O) groups excluding carboxylic acids is 1. The molecule has 0 aliphatic heterocycles. The first-order chi connectivity index (χ1) is 8.70. The van der Waals surface area contributed by atoms with E-state index in [1.165, 1.54) is 4.88 Å². The Kier molecular flexibility index (Phi) is 4.10. The SMILES string of the molecule is CCCc1ccc(C(=O)/C=C/c2ccnn2C)s1. The number of nitrogens with zero attached hydrogens (tertiary/aromatic N) is 2. The van der Waals surface area contributed by atoms with Gasteiger partial charge >= 0.3 is 0 Å². The minimum Gasteiger partial charge on any atom is -0.288 e. The summed E-state index contributed by atoms with van der Waals surface area (Å²) in [5.74, 6) is 0.0588. The van der Waals surface area contributed by atoms with Crippen LogP contribution in [0.2, 0.25) is 0 Å². The molecule has 0 bridgehead atoms. The molecule has 0 aromatic carbocycles. The van der Waals surface area contributed by atoms with Crippen molar-refractivity contribution in [3.05, 3.63) is 45.9 Å². The fraction of sp³-hybridized carbons (Fsp3) is 0.286. The Bertz CT molecular complexity index is 566. The van der Waals surface area contributed by atoms with E-state index in [1.54, 1.807) is 34.4 Å². The Morgan fingerprint density at radius 1 is 1.44 bits per heavy atom. The van der Waals surface area contributed by atoms with E-state index in [-0.39, 0.29) is 5.78 Å². The van der Waals surface area contributed by atoms with Crippen molar-refractivity contribution < 1.29 is 4.79 Å². The number of carbonyl (C=O) groups is 1. The predicted octanol–water partition coefficient (Wildman–Crippen LogP) is 3.33. The molecule has 4 heteroatoms. The van der Waals surface area contributed by atoms with Gasteiger partial charge in [0.1, 0.15) is 0 Å². The van der Waals surface area contributed by atoms with Gasteiger partial charge in [-0.3, -0.25) is 9.48 Å². The Labute approximate surface area is 111 Å². The molecule has 0 N–H and O–H groups in total. The van der Waals surface area contributed by atoms with E-state index >= 15 is 0 Å². The molecule has 2 aromatic heterocycles. The molecular formula is C14H16N2OS. The molecule has 0 saturated carbocycles. The van der Waals surface area contributed by atoms with Gasteiger partial charge in [-0.05, 0) is 36.8 Å². The average Bonchev–Trinajstić information content (AvgIpc) is 2.96. The van der Waals surface area contributed by atoms with Crippen LogP contribution in [0.3, 0.4) is 0 Å². The van der Waals surface area contributed by atoms with Gasteiger partial charge in [-0.15, -0.1) is 11.3 Å². The lowest BCUT2D eigenvalue weighted by Gasteiger charge is -1.93. The lowest BCUT2D eigenvalue weighted by molar-refractivity contribution is 0.105. The third kappa shape index (κ3) is 2.96. The van der Waals surface area contributed by atoms with Crippen LogP contribution in [0.25, 0.3) is 6.08 Å². The topological polar surface area (TPSA) is 34.9 Å². The smallest absolute Gasteiger partial charge is 0.195 e. The summed E-state index contributed by atoms with van der Waals surface area (Å²) < 4.78 is 1.74. The van der Waals surface area contributed by atoms with Gasteiger partial charge in [0.2, 0.25) is 0 Å². The molecular weight excluding hydrogens is 244 g/mol. The summed E-state index contributed by atoms with van der Waals surface area (Å²) in [6.07, 6.45) is 7.28. The van der Waals surface area contributed by atoms with Gasteiger partial charge in [0.05, 0.1) is 10.6 Å². The second kappa shape index (κ2) is 5.78. The maximum Gasteiger partial charge on any atom is 0.195 e. The summed E-state index contributed by atoms with van der Waals surface area (Å²) in [6, 6.07) is 5.83. The van der Waals surface area contributed by atoms with Gasteiger partial charge in [0.25, 0.3) is 0 Å². The highest BCUT2D eigenvalue weighted by Gasteiger charge is 2.06. The maximum atomic E-state index is 12.0. The van der Waals surface area contributed by atoms with Gasteiger partial charge in [-0.2, -0.15) is 5.10 Å². The van der Waals surface area contributed by atoms with Crippen LogP contribution in [0.5, 0.6) is 0 Å². The van der Waals surface area contributed by atoms with E-state index in [9.17, 15) is 4.79 Å². The first-order valence-corrected chi connectivity index (χ1v) is 6.81. The average molecular weight is 260 g/mol. The largest absolute Gasteiger partial charge is 0.288 e. The van der Waals surface area contributed by atoms with Crippen LogP contribution < -0.4 is 0 Å². The van der Waals surface area contributed by atoms with Gasteiger partial charge < -0.3 is 0 Å². The van der Waals surface area contributed by atoms with Crippen LogP contribution in [-0.4, -0.2) is 15.6 Å². The van der Waals surface area contributed by atoms with Crippen molar-refractivity contribution >= 4 is 23.2 Å². The number of hydrogen-bond acceptors (Lipinski definition) is 3. The van der Waals surface area contributed by atoms with Crippen molar-refractivity contribution in [2.45, 2.75) is 19.8 Å². The summed E-state index contributed by atoms with van der Waals surface area (Å²) >= 11 is 1.58. The minimum absolute atomic E-state index is 0.0588. The van der Waals surface area contributed by atoms with Crippen molar-refractivity contribution in [2.24, 2.45) is 7.05 Å². The lowest BCUT2D eigenvalue weighted by atomic mass is 10.2. The first-order valence-electron chi connectivity index (χ1n) is 6.00. The van der Waals surface area contributed by atoms with Crippen molar-refractivity contribution in [3.63, 3.8) is 0 Å². The molecule has 0 atom stereocenters. The third-order valence-electron chi connectivity index (χ3n) is 2.67. The Balaban J connectivity index is 2.07. The first kappa shape index (κ1) is 12.8. The van der Waals surface area contributed by atoms with Crippen LogP contribution in [0.1, 0.15) is 33.6 Å². The Morgan fingerprint density at radius 2 is 2.28 bits per heavy atom. The van der Waals surface area contributed by atoms with Crippen LogP contribution in [0, 0.1) is 0 Å². The quantitative estimate of drug-likeness (QED) is 0.610. The number of ketones is 1. The molecule has 0 aliphatic carbocycles. The van der Waals surface area contributed by atoms with Crippen LogP contribution in [0.4, 0.5) is 0 Å². The number of allylic oxidation sites excluding steroid dienone is 1. The molecule has 3 nitrogen and oxygen atoms in total. The number of aromatic nitrogens is 2. The second-order valence-corrected chi connectivity index (χ2v) is 5.26. The molecule has 2 rings (SSSR count). The van der Waals surface area contributed by atoms with Gasteiger partial charge in [-0.25, -0.2) is 0 Å². The van der Waals surface area contributed by atoms with Crippen molar-refractivity contribution in [3.8, 4) is 0 Å². The van der Waals surface area contributed by atoms with E-state index in [2.05, 4.69) is 12.0 Å². The third-order valence-corrected chi connectivity index (χ3v) is 3.82. The molecule has 94 valence electrons. The van der Waals surface area contributed by atoms with E-state index < -0.39 is 0 Å². The second-order valence-electron chi connectivity index (χ2n) is 4.09. The highest BCUT2D eigenvalue weighted by molar-refractivity contribution is 7.14. The minimum atomic E-state index is 0.0588. The van der Waals surface area contributed by atoms with Crippen LogP contribution in [0.15, 0.2) is 30.5 Å². The molecule has 0 radical (unpaired) electrons. The number of hydrogen-bond donors (Lipinski definition) is 0. The molecule has 0 saturated heterocycles. The summed E-state index contributed by atoms with van der Waals surface area (Å²) in [5.41, 5.74) is 0.925. The van der Waals surface area contributed by atoms with E-state index in [4.69, 9.17) is 0 Å². The molecule has 0 amide bonds. The standard InChI is InChI=1S/C14H16N2OS/c1-3-4-12-6-8-14(18-12)13(17)7-5-11-9-10-15-16(11)2/h5-10H,3-4H2,1-2H3/b7-5+. The molecule has 2 heterocycles. The number of thiophene rings is 1. The zero-order chi connectivity index (χ0) is 13.0. The normalized spacial score (nSPS) is 11.2. The van der Waals surface area contributed by atoms with E-state index in [0.29, 0.717) is 0 Å². The van der Waals surface area contributed by atoms with Crippen molar-refractivity contribution in [2.75, 3.05) is 0 Å². The lowest BCUT2D eigenvalue weighted by Crippen LogP contribution is -1.94. The zero-order valence-corrected chi connectivity index (χ0v) is 11.4. The molecule has 0 spiro atoms. The Morgan fingerprint density at radius 3 is 2.94 bits per heavy atom. The number of aryl methyl sites for hydroxylation is 2. The summed E-state index contributed by atoms with van der Waals surface area (Å²) in [5, 5.41) is 4.05. The molecule has 0 unspecified atom stereocenters. The fourth-order valence-corrected chi connectivity index (χ4v) is 2.71. The van der Waals surface area contributed by atoms with Gasteiger partial charge in [0.15, 0.2) is 5.78 Å². The fourth-order valence-electron chi connectivity index (χ4n) is 1.68. The maximum absolute atomic E-state index is 12.0.